The molecule has 1 aromatic rings. The summed E-state index contributed by atoms with van der Waals surface area (Å²) in [7, 11) is 0. The van der Waals surface area contributed by atoms with Crippen LogP contribution in [0.25, 0.3) is 0 Å². The first-order chi connectivity index (χ1) is 11.3. The second-order valence-electron chi connectivity index (χ2n) is 7.23. The zero-order chi connectivity index (χ0) is 17.6. The maximum absolute atomic E-state index is 12.8. The topological polar surface area (TPSA) is 93.9 Å². The quantitative estimate of drug-likeness (QED) is 0.901. The standard InChI is InChI=1S/C18H22N4O2/c1-5-22-9-12(10(2)21-22)15-11(8-19)17(20)24-14-7-18(3,4)6-13(23)16(14)15/h9,15H,5-7,20H2,1-4H3. The zero-order valence-electron chi connectivity index (χ0n) is 14.5. The Morgan fingerprint density at radius 2 is 2.21 bits per heavy atom. The molecule has 126 valence electrons. The largest absolute Gasteiger partial charge is 0.444 e. The lowest BCUT2D eigenvalue weighted by Gasteiger charge is -2.37. The Bertz CT molecular complexity index is 821. The number of aromatic nitrogens is 2. The van der Waals surface area contributed by atoms with Crippen molar-refractivity contribution in [1.82, 2.24) is 9.78 Å². The number of hydrogen-bond acceptors (Lipinski definition) is 5. The van der Waals surface area contributed by atoms with Gasteiger partial charge in [-0.05, 0) is 19.3 Å². The molecule has 1 unspecified atom stereocenters. The van der Waals surface area contributed by atoms with Crippen LogP contribution in [0.5, 0.6) is 0 Å². The van der Waals surface area contributed by atoms with Crippen molar-refractivity contribution in [3.05, 3.63) is 40.2 Å². The van der Waals surface area contributed by atoms with Crippen molar-refractivity contribution < 1.29 is 9.53 Å². The summed E-state index contributed by atoms with van der Waals surface area (Å²) in [5.41, 5.74) is 8.34. The van der Waals surface area contributed by atoms with Crippen molar-refractivity contribution >= 4 is 5.78 Å². The minimum Gasteiger partial charge on any atom is -0.444 e. The fourth-order valence-electron chi connectivity index (χ4n) is 3.57. The van der Waals surface area contributed by atoms with Crippen molar-refractivity contribution in [3.8, 4) is 6.07 Å². The molecule has 0 spiro atoms. The molecule has 1 aliphatic heterocycles. The van der Waals surface area contributed by atoms with Gasteiger partial charge in [0.1, 0.15) is 17.4 Å². The molecule has 1 aromatic heterocycles. The summed E-state index contributed by atoms with van der Waals surface area (Å²) in [5.74, 6) is 0.231. The number of Topliss-reactive ketones (excluding diaryl/α,β-unsaturated/α-hetero) is 1. The molecule has 0 aromatic carbocycles. The van der Waals surface area contributed by atoms with Crippen LogP contribution in [0.1, 0.15) is 50.8 Å². The highest BCUT2D eigenvalue weighted by molar-refractivity contribution is 6.00. The molecule has 0 radical (unpaired) electrons. The number of aryl methyl sites for hydroxylation is 2. The molecular formula is C18H22N4O2. The Hall–Kier alpha value is -2.55. The molecule has 6 nitrogen and oxygen atoms in total. The van der Waals surface area contributed by atoms with Crippen LogP contribution < -0.4 is 5.73 Å². The van der Waals surface area contributed by atoms with Gasteiger partial charge in [0.25, 0.3) is 0 Å². The second-order valence-corrected chi connectivity index (χ2v) is 7.23. The first-order valence-electron chi connectivity index (χ1n) is 8.15. The van der Waals surface area contributed by atoms with E-state index in [0.29, 0.717) is 29.7 Å². The molecule has 24 heavy (non-hydrogen) atoms. The molecular weight excluding hydrogens is 304 g/mol. The van der Waals surface area contributed by atoms with E-state index in [4.69, 9.17) is 10.5 Å². The van der Waals surface area contributed by atoms with Gasteiger partial charge in [-0.25, -0.2) is 0 Å². The van der Waals surface area contributed by atoms with Crippen molar-refractivity contribution in [2.24, 2.45) is 11.1 Å². The van der Waals surface area contributed by atoms with Crippen molar-refractivity contribution in [1.29, 1.82) is 5.26 Å². The van der Waals surface area contributed by atoms with Gasteiger partial charge in [-0.1, -0.05) is 13.8 Å². The van der Waals surface area contributed by atoms with Gasteiger partial charge in [0, 0.05) is 36.7 Å². The lowest BCUT2D eigenvalue weighted by Crippen LogP contribution is -2.33. The monoisotopic (exact) mass is 326 g/mol. The summed E-state index contributed by atoms with van der Waals surface area (Å²) in [4.78, 5) is 12.8. The summed E-state index contributed by atoms with van der Waals surface area (Å²) in [6.07, 6.45) is 2.96. The number of allylic oxidation sites excluding steroid dienone is 3. The molecule has 3 rings (SSSR count). The second kappa shape index (κ2) is 5.52. The van der Waals surface area contributed by atoms with Crippen molar-refractivity contribution in [2.45, 2.75) is 53.0 Å². The molecule has 0 saturated heterocycles. The predicted molar refractivity (Wildman–Crippen MR) is 88.3 cm³/mol. The lowest BCUT2D eigenvalue weighted by molar-refractivity contribution is -0.119. The van der Waals surface area contributed by atoms with E-state index in [-0.39, 0.29) is 17.1 Å². The smallest absolute Gasteiger partial charge is 0.205 e. The Balaban J connectivity index is 2.20. The summed E-state index contributed by atoms with van der Waals surface area (Å²) >= 11 is 0. The zero-order valence-corrected chi connectivity index (χ0v) is 14.5. The molecule has 2 aliphatic rings. The van der Waals surface area contributed by atoms with E-state index in [0.717, 1.165) is 17.8 Å². The number of carbonyl (C=O) groups excluding carboxylic acids is 1. The van der Waals surface area contributed by atoms with Gasteiger partial charge in [0.05, 0.1) is 11.6 Å². The third-order valence-corrected chi connectivity index (χ3v) is 4.69. The number of ketones is 1. The molecule has 2 heterocycles. The van der Waals surface area contributed by atoms with Crippen LogP contribution >= 0.6 is 0 Å². The van der Waals surface area contributed by atoms with Gasteiger partial charge >= 0.3 is 0 Å². The fraction of sp³-hybridized carbons (Fsp3) is 0.500. The molecule has 0 fully saturated rings. The minimum atomic E-state index is -0.484. The number of hydrogen-bond donors (Lipinski definition) is 1. The Morgan fingerprint density at radius 3 is 2.79 bits per heavy atom. The highest BCUT2D eigenvalue weighted by Crippen LogP contribution is 2.48. The Morgan fingerprint density at radius 1 is 1.50 bits per heavy atom. The highest BCUT2D eigenvalue weighted by atomic mass is 16.5. The van der Waals surface area contributed by atoms with E-state index in [1.54, 1.807) is 0 Å². The third kappa shape index (κ3) is 2.50. The molecule has 6 heteroatoms. The molecule has 2 N–H and O–H groups in total. The van der Waals surface area contributed by atoms with E-state index in [1.165, 1.54) is 0 Å². The van der Waals surface area contributed by atoms with Crippen LogP contribution in [-0.4, -0.2) is 15.6 Å². The maximum Gasteiger partial charge on any atom is 0.205 e. The SMILES string of the molecule is CCn1cc(C2C(C#N)=C(N)OC3=C2C(=O)CC(C)(C)C3)c(C)n1. The number of nitrogens with two attached hydrogens (primary N) is 1. The Labute approximate surface area is 141 Å². The number of nitriles is 1. The lowest BCUT2D eigenvalue weighted by atomic mass is 9.70. The highest BCUT2D eigenvalue weighted by Gasteiger charge is 2.43. The van der Waals surface area contributed by atoms with Crippen molar-refractivity contribution in [3.63, 3.8) is 0 Å². The molecule has 0 amide bonds. The summed E-state index contributed by atoms with van der Waals surface area (Å²) in [5, 5.41) is 14.1. The number of rotatable bonds is 2. The molecule has 1 atom stereocenters. The number of carbonyl (C=O) groups is 1. The number of ether oxygens (including phenoxy) is 1. The molecule has 1 aliphatic carbocycles. The predicted octanol–water partition coefficient (Wildman–Crippen LogP) is 2.66. The first-order valence-corrected chi connectivity index (χ1v) is 8.15. The maximum atomic E-state index is 12.8. The van der Waals surface area contributed by atoms with Gasteiger partial charge in [-0.2, -0.15) is 10.4 Å². The van der Waals surface area contributed by atoms with Gasteiger partial charge in [0.2, 0.25) is 5.88 Å². The minimum absolute atomic E-state index is 0.0233. The molecule has 0 bridgehead atoms. The third-order valence-electron chi connectivity index (χ3n) is 4.69. The van der Waals surface area contributed by atoms with Crippen LogP contribution in [0.4, 0.5) is 0 Å². The van der Waals surface area contributed by atoms with E-state index in [1.807, 2.05) is 38.6 Å². The molecule has 0 saturated carbocycles. The van der Waals surface area contributed by atoms with E-state index in [9.17, 15) is 10.1 Å². The van der Waals surface area contributed by atoms with Crippen LogP contribution in [-0.2, 0) is 16.1 Å². The fourth-order valence-corrected chi connectivity index (χ4v) is 3.57. The summed E-state index contributed by atoms with van der Waals surface area (Å²) < 4.78 is 7.50. The van der Waals surface area contributed by atoms with E-state index >= 15 is 0 Å². The van der Waals surface area contributed by atoms with Gasteiger partial charge < -0.3 is 10.5 Å². The van der Waals surface area contributed by atoms with E-state index in [2.05, 4.69) is 11.2 Å². The first kappa shape index (κ1) is 16.3. The summed E-state index contributed by atoms with van der Waals surface area (Å²) in [6.45, 7) is 8.67. The van der Waals surface area contributed by atoms with Crippen molar-refractivity contribution in [2.75, 3.05) is 0 Å². The average Bonchev–Trinajstić information content (AvgIpc) is 2.85. The normalized spacial score (nSPS) is 23.0. The van der Waals surface area contributed by atoms with Crippen LogP contribution in [0.3, 0.4) is 0 Å². The van der Waals surface area contributed by atoms with Gasteiger partial charge in [-0.15, -0.1) is 0 Å². The van der Waals surface area contributed by atoms with Crippen LogP contribution in [0, 0.1) is 23.7 Å². The summed E-state index contributed by atoms with van der Waals surface area (Å²) in [6, 6.07) is 2.14. The Kier molecular flexibility index (Phi) is 3.75. The van der Waals surface area contributed by atoms with Crippen LogP contribution in [0.15, 0.2) is 29.0 Å². The number of nitrogens with zero attached hydrogens (tertiary/aromatic N) is 3. The van der Waals surface area contributed by atoms with Gasteiger partial charge in [-0.3, -0.25) is 9.48 Å². The van der Waals surface area contributed by atoms with E-state index < -0.39 is 5.92 Å². The van der Waals surface area contributed by atoms with Gasteiger partial charge in [0.15, 0.2) is 5.78 Å². The average molecular weight is 326 g/mol. The van der Waals surface area contributed by atoms with Crippen LogP contribution in [0.2, 0.25) is 0 Å².